The van der Waals surface area contributed by atoms with Crippen LogP contribution in [0.3, 0.4) is 0 Å². The second-order valence-corrected chi connectivity index (χ2v) is 6.72. The van der Waals surface area contributed by atoms with Crippen LogP contribution < -0.4 is 0 Å². The molecular weight excluding hydrogens is 360 g/mol. The van der Waals surface area contributed by atoms with Crippen molar-refractivity contribution in [2.75, 3.05) is 13.7 Å². The molecule has 0 saturated carbocycles. The van der Waals surface area contributed by atoms with Gasteiger partial charge in [-0.2, -0.15) is 0 Å². The van der Waals surface area contributed by atoms with Gasteiger partial charge in [-0.15, -0.1) is 0 Å². The molecule has 2 amide bonds. The number of carbonyl (C=O) groups excluding carboxylic acids is 4. The summed E-state index contributed by atoms with van der Waals surface area (Å²) in [5, 5.41) is 0. The van der Waals surface area contributed by atoms with E-state index in [0.717, 1.165) is 23.1 Å². The number of allylic oxidation sites excluding steroid dienone is 1. The third kappa shape index (κ3) is 3.27. The number of Topliss-reactive ketones (excluding diaryl/α,β-unsaturated/α-hetero) is 1. The molecule has 1 aliphatic heterocycles. The van der Waals surface area contributed by atoms with Crippen LogP contribution in [-0.2, 0) is 19.1 Å². The molecule has 0 N–H and O–H groups in total. The number of hydrogen-bond donors (Lipinski definition) is 0. The summed E-state index contributed by atoms with van der Waals surface area (Å²) in [6.45, 7) is 1.04. The molecule has 4 unspecified atom stereocenters. The molecule has 1 aromatic rings. The fourth-order valence-electron chi connectivity index (χ4n) is 3.53. The van der Waals surface area contributed by atoms with Gasteiger partial charge < -0.3 is 4.74 Å². The molecule has 3 rings (SSSR count). The highest BCUT2D eigenvalue weighted by Gasteiger charge is 2.53. The fourth-order valence-corrected chi connectivity index (χ4v) is 3.53. The Bertz CT molecular complexity index is 866. The second kappa shape index (κ2) is 7.02. The number of ether oxygens (including phenoxy) is 1. The summed E-state index contributed by atoms with van der Waals surface area (Å²) in [6, 6.07) is 2.62. The SMILES string of the molecule is CC1C=CC2C(=O)N(C)C(=O)C2C1C(=O)OCC(=O)c1ccc(F)c(F)c1. The lowest BCUT2D eigenvalue weighted by Crippen LogP contribution is -2.39. The zero-order chi connectivity index (χ0) is 19.9. The third-order valence-corrected chi connectivity index (χ3v) is 5.05. The van der Waals surface area contributed by atoms with Gasteiger partial charge in [-0.3, -0.25) is 24.1 Å². The topological polar surface area (TPSA) is 80.8 Å². The number of nitrogens with zero attached hydrogens (tertiary/aromatic N) is 1. The number of hydrogen-bond acceptors (Lipinski definition) is 5. The van der Waals surface area contributed by atoms with E-state index in [1.165, 1.54) is 7.05 Å². The third-order valence-electron chi connectivity index (χ3n) is 5.05. The van der Waals surface area contributed by atoms with Crippen molar-refractivity contribution < 1.29 is 32.7 Å². The second-order valence-electron chi connectivity index (χ2n) is 6.72. The number of esters is 1. The Balaban J connectivity index is 1.72. The molecule has 27 heavy (non-hydrogen) atoms. The Morgan fingerprint density at radius 2 is 1.81 bits per heavy atom. The quantitative estimate of drug-likeness (QED) is 0.346. The van der Waals surface area contributed by atoms with Gasteiger partial charge in [0.25, 0.3) is 0 Å². The molecule has 2 aliphatic rings. The molecule has 1 saturated heterocycles. The van der Waals surface area contributed by atoms with Gasteiger partial charge in [-0.05, 0) is 24.1 Å². The summed E-state index contributed by atoms with van der Waals surface area (Å²) in [5.74, 6) is -7.46. The molecule has 142 valence electrons. The molecule has 1 aliphatic carbocycles. The highest BCUT2D eigenvalue weighted by Crippen LogP contribution is 2.41. The van der Waals surface area contributed by atoms with Crippen LogP contribution in [0.4, 0.5) is 8.78 Å². The van der Waals surface area contributed by atoms with Crippen molar-refractivity contribution in [3.8, 4) is 0 Å². The number of rotatable bonds is 4. The standard InChI is InChI=1S/C19H17F2NO5/c1-9-3-5-11-16(18(25)22(2)17(11)24)15(9)19(26)27-8-14(23)10-4-6-12(20)13(21)7-10/h3-7,9,11,15-16H,8H2,1-2H3. The first-order valence-electron chi connectivity index (χ1n) is 8.37. The number of fused-ring (bicyclic) bond motifs is 1. The van der Waals surface area contributed by atoms with E-state index in [2.05, 4.69) is 0 Å². The monoisotopic (exact) mass is 377 g/mol. The highest BCUT2D eigenvalue weighted by molar-refractivity contribution is 6.07. The van der Waals surface area contributed by atoms with E-state index in [-0.39, 0.29) is 17.4 Å². The first-order chi connectivity index (χ1) is 12.7. The molecule has 0 bridgehead atoms. The Morgan fingerprint density at radius 3 is 2.48 bits per heavy atom. The molecule has 1 aromatic carbocycles. The highest BCUT2D eigenvalue weighted by atomic mass is 19.2. The minimum Gasteiger partial charge on any atom is -0.457 e. The van der Waals surface area contributed by atoms with E-state index in [1.54, 1.807) is 19.1 Å². The lowest BCUT2D eigenvalue weighted by molar-refractivity contribution is -0.154. The predicted octanol–water partition coefficient (Wildman–Crippen LogP) is 1.74. The number of halogens is 2. The number of ketones is 1. The normalized spacial score (nSPS) is 26.9. The van der Waals surface area contributed by atoms with E-state index >= 15 is 0 Å². The number of amides is 2. The summed E-state index contributed by atoms with van der Waals surface area (Å²) in [5.41, 5.74) is -0.136. The Labute approximate surface area is 153 Å². The van der Waals surface area contributed by atoms with Crippen LogP contribution in [0.15, 0.2) is 30.4 Å². The van der Waals surface area contributed by atoms with E-state index in [9.17, 15) is 28.0 Å². The molecule has 0 aromatic heterocycles. The molecule has 8 heteroatoms. The maximum absolute atomic E-state index is 13.2. The number of imide groups is 1. The summed E-state index contributed by atoms with van der Waals surface area (Å²) in [4.78, 5) is 50.1. The number of carbonyl (C=O) groups is 4. The van der Waals surface area contributed by atoms with Gasteiger partial charge in [0.1, 0.15) is 0 Å². The Morgan fingerprint density at radius 1 is 1.11 bits per heavy atom. The van der Waals surface area contributed by atoms with Gasteiger partial charge in [-0.1, -0.05) is 19.1 Å². The van der Waals surface area contributed by atoms with Crippen molar-refractivity contribution in [3.63, 3.8) is 0 Å². The van der Waals surface area contributed by atoms with E-state index < -0.39 is 53.7 Å². The van der Waals surface area contributed by atoms with E-state index in [4.69, 9.17) is 4.74 Å². The summed E-state index contributed by atoms with van der Waals surface area (Å²) in [7, 11) is 1.36. The number of likely N-dealkylation sites (tertiary alicyclic amines) is 1. The van der Waals surface area contributed by atoms with Crippen LogP contribution in [0.5, 0.6) is 0 Å². The molecule has 1 fully saturated rings. The largest absolute Gasteiger partial charge is 0.457 e. The molecule has 1 heterocycles. The van der Waals surface area contributed by atoms with Crippen LogP contribution in [0.25, 0.3) is 0 Å². The lowest BCUT2D eigenvalue weighted by Gasteiger charge is -2.29. The molecule has 0 radical (unpaired) electrons. The van der Waals surface area contributed by atoms with Gasteiger partial charge in [0.15, 0.2) is 24.0 Å². The summed E-state index contributed by atoms with van der Waals surface area (Å²) >= 11 is 0. The van der Waals surface area contributed by atoms with Crippen molar-refractivity contribution in [2.45, 2.75) is 6.92 Å². The predicted molar refractivity (Wildman–Crippen MR) is 88.2 cm³/mol. The van der Waals surface area contributed by atoms with Crippen LogP contribution in [0.2, 0.25) is 0 Å². The fraction of sp³-hybridized carbons (Fsp3) is 0.368. The van der Waals surface area contributed by atoms with Gasteiger partial charge in [0.2, 0.25) is 11.8 Å². The van der Waals surface area contributed by atoms with Gasteiger partial charge in [0.05, 0.1) is 17.8 Å². The maximum atomic E-state index is 13.2. The lowest BCUT2D eigenvalue weighted by atomic mass is 9.72. The molecule has 4 atom stereocenters. The van der Waals surface area contributed by atoms with Crippen LogP contribution in [0.1, 0.15) is 17.3 Å². The van der Waals surface area contributed by atoms with E-state index in [0.29, 0.717) is 0 Å². The van der Waals surface area contributed by atoms with Crippen molar-refractivity contribution >= 4 is 23.6 Å². The summed E-state index contributed by atoms with van der Waals surface area (Å²) in [6.07, 6.45) is 3.30. The first-order valence-corrected chi connectivity index (χ1v) is 8.37. The van der Waals surface area contributed by atoms with Crippen LogP contribution in [0, 0.1) is 35.3 Å². The van der Waals surface area contributed by atoms with Gasteiger partial charge in [-0.25, -0.2) is 8.78 Å². The zero-order valence-corrected chi connectivity index (χ0v) is 14.6. The number of benzene rings is 1. The smallest absolute Gasteiger partial charge is 0.310 e. The van der Waals surface area contributed by atoms with Gasteiger partial charge in [0, 0.05) is 12.6 Å². The molecule has 0 spiro atoms. The van der Waals surface area contributed by atoms with Crippen molar-refractivity contribution in [3.05, 3.63) is 47.5 Å². The average Bonchev–Trinajstić information content (AvgIpc) is 2.86. The van der Waals surface area contributed by atoms with Crippen molar-refractivity contribution in [1.29, 1.82) is 0 Å². The maximum Gasteiger partial charge on any atom is 0.310 e. The van der Waals surface area contributed by atoms with Gasteiger partial charge >= 0.3 is 5.97 Å². The first kappa shape index (κ1) is 18.9. The Hall–Kier alpha value is -2.90. The van der Waals surface area contributed by atoms with Crippen LogP contribution in [-0.4, -0.2) is 42.1 Å². The Kier molecular flexibility index (Phi) is 4.91. The zero-order valence-electron chi connectivity index (χ0n) is 14.6. The van der Waals surface area contributed by atoms with Crippen molar-refractivity contribution in [2.24, 2.45) is 23.7 Å². The van der Waals surface area contributed by atoms with Crippen molar-refractivity contribution in [1.82, 2.24) is 4.90 Å². The minimum absolute atomic E-state index is 0.136. The van der Waals surface area contributed by atoms with Crippen LogP contribution >= 0.6 is 0 Å². The van der Waals surface area contributed by atoms with E-state index in [1.807, 2.05) is 0 Å². The average molecular weight is 377 g/mol. The minimum atomic E-state index is -1.18. The molecule has 6 nitrogen and oxygen atoms in total. The molecular formula is C19H17F2NO5. The summed E-state index contributed by atoms with van der Waals surface area (Å²) < 4.78 is 31.2.